The van der Waals surface area contributed by atoms with E-state index in [1.165, 1.54) is 6.08 Å². The molecule has 0 aliphatic rings. The molecule has 0 aliphatic heterocycles. The zero-order chi connectivity index (χ0) is 19.5. The van der Waals surface area contributed by atoms with Gasteiger partial charge in [0.2, 0.25) is 5.91 Å². The monoisotopic (exact) mass is 359 g/mol. The molecule has 3 heteroatoms. The molecule has 0 spiro atoms. The number of amides is 1. The van der Waals surface area contributed by atoms with E-state index in [2.05, 4.69) is 18.3 Å². The number of aliphatic hydroxyl groups is 1. The Labute approximate surface area is 160 Å². The second-order valence-corrected chi connectivity index (χ2v) is 6.46. The van der Waals surface area contributed by atoms with Crippen molar-refractivity contribution in [3.63, 3.8) is 0 Å². The van der Waals surface area contributed by atoms with E-state index in [1.807, 2.05) is 56.4 Å². The SMILES string of the molecule is CC=CC=CC=CCCC=CC=CC(=O)NCC(O)(CC)CCCCC. The third-order valence-electron chi connectivity index (χ3n) is 4.15. The molecule has 0 saturated carbocycles. The van der Waals surface area contributed by atoms with Crippen LogP contribution in [-0.2, 0) is 4.79 Å². The Balaban J connectivity index is 4.00. The summed E-state index contributed by atoms with van der Waals surface area (Å²) in [4.78, 5) is 11.8. The number of allylic oxidation sites excluding steroid dienone is 9. The minimum atomic E-state index is -0.789. The third kappa shape index (κ3) is 14.5. The molecule has 3 nitrogen and oxygen atoms in total. The number of carbonyl (C=O) groups is 1. The van der Waals surface area contributed by atoms with Crippen molar-refractivity contribution in [1.29, 1.82) is 0 Å². The molecule has 146 valence electrons. The Kier molecular flexibility index (Phi) is 15.4. The van der Waals surface area contributed by atoms with Gasteiger partial charge in [-0.15, -0.1) is 0 Å². The number of carbonyl (C=O) groups excluding carboxylic acids is 1. The summed E-state index contributed by atoms with van der Waals surface area (Å²) in [7, 11) is 0. The number of hydrogen-bond donors (Lipinski definition) is 2. The molecule has 1 atom stereocenters. The Hall–Kier alpha value is -1.87. The lowest BCUT2D eigenvalue weighted by Gasteiger charge is -2.26. The second kappa shape index (κ2) is 16.6. The summed E-state index contributed by atoms with van der Waals surface area (Å²) in [5.41, 5.74) is -0.789. The number of rotatable bonds is 14. The van der Waals surface area contributed by atoms with Gasteiger partial charge in [-0.3, -0.25) is 4.79 Å². The Morgan fingerprint density at radius 1 is 0.962 bits per heavy atom. The van der Waals surface area contributed by atoms with Gasteiger partial charge in [0, 0.05) is 12.6 Å². The van der Waals surface area contributed by atoms with Gasteiger partial charge in [-0.25, -0.2) is 0 Å². The average Bonchev–Trinajstić information content (AvgIpc) is 2.64. The summed E-state index contributed by atoms with van der Waals surface area (Å²) in [5, 5.41) is 13.3. The van der Waals surface area contributed by atoms with Crippen LogP contribution in [0.2, 0.25) is 0 Å². The molecular formula is C23H37NO2. The molecule has 0 aromatic carbocycles. The molecule has 0 aromatic rings. The number of unbranched alkanes of at least 4 members (excludes halogenated alkanes) is 3. The highest BCUT2D eigenvalue weighted by Crippen LogP contribution is 2.18. The maximum Gasteiger partial charge on any atom is 0.244 e. The lowest BCUT2D eigenvalue weighted by Crippen LogP contribution is -2.42. The van der Waals surface area contributed by atoms with Crippen LogP contribution in [0.15, 0.2) is 60.8 Å². The fraction of sp³-hybridized carbons (Fsp3) is 0.522. The van der Waals surface area contributed by atoms with Gasteiger partial charge in [-0.1, -0.05) is 87.8 Å². The van der Waals surface area contributed by atoms with Gasteiger partial charge in [0.05, 0.1) is 5.60 Å². The summed E-state index contributed by atoms with van der Waals surface area (Å²) in [6.07, 6.45) is 25.8. The number of hydrogen-bond acceptors (Lipinski definition) is 2. The minimum absolute atomic E-state index is 0.161. The number of nitrogens with one attached hydrogen (secondary N) is 1. The summed E-state index contributed by atoms with van der Waals surface area (Å²) in [5.74, 6) is -0.161. The van der Waals surface area contributed by atoms with E-state index in [4.69, 9.17) is 0 Å². The van der Waals surface area contributed by atoms with Crippen molar-refractivity contribution in [3.8, 4) is 0 Å². The highest BCUT2D eigenvalue weighted by molar-refractivity contribution is 5.87. The molecule has 0 aliphatic carbocycles. The summed E-state index contributed by atoms with van der Waals surface area (Å²) in [6.45, 7) is 6.40. The van der Waals surface area contributed by atoms with E-state index in [9.17, 15) is 9.90 Å². The van der Waals surface area contributed by atoms with E-state index >= 15 is 0 Å². The van der Waals surface area contributed by atoms with Crippen LogP contribution in [0.4, 0.5) is 0 Å². The average molecular weight is 360 g/mol. The lowest BCUT2D eigenvalue weighted by molar-refractivity contribution is -0.117. The zero-order valence-corrected chi connectivity index (χ0v) is 16.8. The van der Waals surface area contributed by atoms with Crippen molar-refractivity contribution in [2.45, 2.75) is 71.3 Å². The Morgan fingerprint density at radius 3 is 2.23 bits per heavy atom. The molecular weight excluding hydrogens is 322 g/mol. The molecule has 0 saturated heterocycles. The van der Waals surface area contributed by atoms with Gasteiger partial charge < -0.3 is 10.4 Å². The fourth-order valence-electron chi connectivity index (χ4n) is 2.33. The standard InChI is InChI=1S/C23H37NO2/c1-4-7-9-10-11-12-13-14-15-16-17-19-22(25)24-21-23(26,6-3)20-18-8-5-2/h4,7,9-12,15-17,19,26H,5-6,8,13-14,18,20-21H2,1-3H3,(H,24,25). The van der Waals surface area contributed by atoms with Crippen LogP contribution in [0.25, 0.3) is 0 Å². The van der Waals surface area contributed by atoms with E-state index in [0.29, 0.717) is 13.0 Å². The summed E-state index contributed by atoms with van der Waals surface area (Å²) < 4.78 is 0. The predicted octanol–water partition coefficient (Wildman–Crippen LogP) is 5.41. The highest BCUT2D eigenvalue weighted by atomic mass is 16.3. The van der Waals surface area contributed by atoms with Crippen molar-refractivity contribution in [3.05, 3.63) is 60.8 Å². The molecule has 0 fully saturated rings. The smallest absolute Gasteiger partial charge is 0.244 e. The van der Waals surface area contributed by atoms with Crippen LogP contribution in [-0.4, -0.2) is 23.2 Å². The first-order valence-corrected chi connectivity index (χ1v) is 9.86. The van der Waals surface area contributed by atoms with Crippen molar-refractivity contribution in [1.82, 2.24) is 5.32 Å². The van der Waals surface area contributed by atoms with Crippen LogP contribution in [0.1, 0.15) is 65.7 Å². The largest absolute Gasteiger partial charge is 0.388 e. The van der Waals surface area contributed by atoms with Gasteiger partial charge >= 0.3 is 0 Å². The second-order valence-electron chi connectivity index (χ2n) is 6.46. The van der Waals surface area contributed by atoms with E-state index < -0.39 is 5.60 Å². The first-order valence-electron chi connectivity index (χ1n) is 9.86. The van der Waals surface area contributed by atoms with Crippen LogP contribution in [0.5, 0.6) is 0 Å². The van der Waals surface area contributed by atoms with Crippen LogP contribution in [0.3, 0.4) is 0 Å². The Morgan fingerprint density at radius 2 is 1.62 bits per heavy atom. The van der Waals surface area contributed by atoms with Gasteiger partial charge in [0.1, 0.15) is 0 Å². The lowest BCUT2D eigenvalue weighted by atomic mass is 9.93. The van der Waals surface area contributed by atoms with Crippen LogP contribution in [0, 0.1) is 0 Å². The normalized spacial score (nSPS) is 15.1. The van der Waals surface area contributed by atoms with E-state index in [1.54, 1.807) is 6.08 Å². The van der Waals surface area contributed by atoms with E-state index in [-0.39, 0.29) is 5.91 Å². The van der Waals surface area contributed by atoms with Crippen molar-refractivity contribution < 1.29 is 9.90 Å². The maximum absolute atomic E-state index is 11.8. The fourth-order valence-corrected chi connectivity index (χ4v) is 2.33. The van der Waals surface area contributed by atoms with Gasteiger partial charge in [-0.2, -0.15) is 0 Å². The van der Waals surface area contributed by atoms with Crippen molar-refractivity contribution >= 4 is 5.91 Å². The van der Waals surface area contributed by atoms with Gasteiger partial charge in [0.25, 0.3) is 0 Å². The quantitative estimate of drug-likeness (QED) is 0.248. The van der Waals surface area contributed by atoms with Gasteiger partial charge in [-0.05, 0) is 32.6 Å². The molecule has 0 bridgehead atoms. The molecule has 0 rings (SSSR count). The predicted molar refractivity (Wildman–Crippen MR) is 113 cm³/mol. The molecule has 1 unspecified atom stereocenters. The minimum Gasteiger partial charge on any atom is -0.388 e. The van der Waals surface area contributed by atoms with Crippen molar-refractivity contribution in [2.75, 3.05) is 6.54 Å². The molecule has 0 heterocycles. The van der Waals surface area contributed by atoms with Gasteiger partial charge in [0.15, 0.2) is 0 Å². The summed E-state index contributed by atoms with van der Waals surface area (Å²) in [6, 6.07) is 0. The topological polar surface area (TPSA) is 49.3 Å². The summed E-state index contributed by atoms with van der Waals surface area (Å²) >= 11 is 0. The van der Waals surface area contributed by atoms with Crippen molar-refractivity contribution in [2.24, 2.45) is 0 Å². The first-order chi connectivity index (χ1) is 12.6. The molecule has 0 radical (unpaired) electrons. The Bertz CT molecular complexity index is 500. The molecule has 2 N–H and O–H groups in total. The van der Waals surface area contributed by atoms with E-state index in [0.717, 1.165) is 38.5 Å². The van der Waals surface area contributed by atoms with Crippen LogP contribution < -0.4 is 5.32 Å². The third-order valence-corrected chi connectivity index (χ3v) is 4.15. The molecule has 1 amide bonds. The zero-order valence-electron chi connectivity index (χ0n) is 16.8. The maximum atomic E-state index is 11.8. The molecule has 0 aromatic heterocycles. The highest BCUT2D eigenvalue weighted by Gasteiger charge is 2.24. The molecule has 26 heavy (non-hydrogen) atoms. The van der Waals surface area contributed by atoms with Crippen LogP contribution >= 0.6 is 0 Å². The first kappa shape index (κ1) is 24.1.